The molecule has 0 atom stereocenters. The molecule has 0 amide bonds. The lowest BCUT2D eigenvalue weighted by Gasteiger charge is -2.22. The minimum absolute atomic E-state index is 0.257. The average Bonchev–Trinajstić information content (AvgIpc) is 2.26. The van der Waals surface area contributed by atoms with Crippen molar-refractivity contribution in [1.82, 2.24) is 0 Å². The summed E-state index contributed by atoms with van der Waals surface area (Å²) in [6.45, 7) is 7.71. The Labute approximate surface area is 98.9 Å². The van der Waals surface area contributed by atoms with Gasteiger partial charge < -0.3 is 10.0 Å². The van der Waals surface area contributed by atoms with E-state index in [1.165, 1.54) is 16.8 Å². The Balaban J connectivity index is 2.88. The first-order valence-corrected chi connectivity index (χ1v) is 5.98. The van der Waals surface area contributed by atoms with Gasteiger partial charge in [0, 0.05) is 25.9 Å². The van der Waals surface area contributed by atoms with E-state index in [1.54, 1.807) is 0 Å². The van der Waals surface area contributed by atoms with Crippen molar-refractivity contribution in [2.75, 3.05) is 25.1 Å². The zero-order chi connectivity index (χ0) is 12.1. The largest absolute Gasteiger partial charge is 0.396 e. The minimum atomic E-state index is 0.257. The Morgan fingerprint density at radius 1 is 1.31 bits per heavy atom. The van der Waals surface area contributed by atoms with Crippen LogP contribution in [-0.4, -0.2) is 25.3 Å². The molecule has 0 bridgehead atoms. The molecule has 0 aliphatic carbocycles. The number of anilines is 1. The lowest BCUT2D eigenvalue weighted by atomic mass is 10.0. The van der Waals surface area contributed by atoms with E-state index >= 15 is 0 Å². The second-order valence-electron chi connectivity index (χ2n) is 4.70. The van der Waals surface area contributed by atoms with Gasteiger partial charge in [0.2, 0.25) is 0 Å². The zero-order valence-electron chi connectivity index (χ0n) is 10.8. The summed E-state index contributed by atoms with van der Waals surface area (Å²) in [5.41, 5.74) is 3.95. The second kappa shape index (κ2) is 5.90. The molecule has 90 valence electrons. The maximum Gasteiger partial charge on any atom is 0.0447 e. The predicted octanol–water partition coefficient (Wildman–Crippen LogP) is 2.94. The zero-order valence-corrected chi connectivity index (χ0v) is 10.8. The molecule has 1 aromatic carbocycles. The fraction of sp³-hybridized carbons (Fsp3) is 0.571. The van der Waals surface area contributed by atoms with E-state index in [9.17, 15) is 0 Å². The number of aliphatic hydroxyl groups excluding tert-OH is 1. The van der Waals surface area contributed by atoms with Crippen molar-refractivity contribution in [1.29, 1.82) is 0 Å². The van der Waals surface area contributed by atoms with Crippen molar-refractivity contribution in [3.63, 3.8) is 0 Å². The molecule has 0 aliphatic rings. The molecule has 1 rings (SSSR count). The Bertz CT molecular complexity index is 334. The highest BCUT2D eigenvalue weighted by molar-refractivity contribution is 5.54. The van der Waals surface area contributed by atoms with Crippen LogP contribution in [0.15, 0.2) is 18.2 Å². The summed E-state index contributed by atoms with van der Waals surface area (Å²) in [6.07, 6.45) is 0.821. The van der Waals surface area contributed by atoms with Crippen LogP contribution in [0.2, 0.25) is 0 Å². The first-order chi connectivity index (χ1) is 7.56. The highest BCUT2D eigenvalue weighted by Gasteiger charge is 2.07. The van der Waals surface area contributed by atoms with Crippen molar-refractivity contribution in [3.05, 3.63) is 29.3 Å². The van der Waals surface area contributed by atoms with Crippen molar-refractivity contribution in [3.8, 4) is 0 Å². The molecule has 1 N–H and O–H groups in total. The van der Waals surface area contributed by atoms with Gasteiger partial charge in [0.15, 0.2) is 0 Å². The highest BCUT2D eigenvalue weighted by atomic mass is 16.3. The molecule has 2 heteroatoms. The van der Waals surface area contributed by atoms with E-state index < -0.39 is 0 Å². The number of benzene rings is 1. The van der Waals surface area contributed by atoms with E-state index in [-0.39, 0.29) is 6.61 Å². The molecular weight excluding hydrogens is 198 g/mol. The standard InChI is InChI=1S/C14H23NO/c1-11(2)13-7-6-12(3)14(10-13)15(4)8-5-9-16/h6-7,10-11,16H,5,8-9H2,1-4H3. The van der Waals surface area contributed by atoms with E-state index in [0.29, 0.717) is 5.92 Å². The molecule has 0 heterocycles. The summed E-state index contributed by atoms with van der Waals surface area (Å²) in [5.74, 6) is 0.561. The first kappa shape index (κ1) is 13.0. The van der Waals surface area contributed by atoms with Gasteiger partial charge in [0.25, 0.3) is 0 Å². The lowest BCUT2D eigenvalue weighted by Crippen LogP contribution is -2.20. The van der Waals surface area contributed by atoms with Crippen LogP contribution in [-0.2, 0) is 0 Å². The van der Waals surface area contributed by atoms with Gasteiger partial charge in [-0.15, -0.1) is 0 Å². The van der Waals surface area contributed by atoms with Crippen LogP contribution in [0.3, 0.4) is 0 Å². The van der Waals surface area contributed by atoms with Crippen LogP contribution in [0.4, 0.5) is 5.69 Å². The normalized spacial score (nSPS) is 10.9. The summed E-state index contributed by atoms with van der Waals surface area (Å²) in [7, 11) is 2.09. The molecule has 0 aliphatic heterocycles. The number of hydrogen-bond donors (Lipinski definition) is 1. The third-order valence-electron chi connectivity index (χ3n) is 2.96. The first-order valence-electron chi connectivity index (χ1n) is 5.98. The molecular formula is C14H23NO. The average molecular weight is 221 g/mol. The van der Waals surface area contributed by atoms with Gasteiger partial charge in [-0.2, -0.15) is 0 Å². The maximum atomic E-state index is 8.85. The molecule has 0 aromatic heterocycles. The fourth-order valence-electron chi connectivity index (χ4n) is 1.83. The van der Waals surface area contributed by atoms with Crippen molar-refractivity contribution in [2.45, 2.75) is 33.1 Å². The summed E-state index contributed by atoms with van der Waals surface area (Å²) >= 11 is 0. The second-order valence-corrected chi connectivity index (χ2v) is 4.70. The van der Waals surface area contributed by atoms with E-state index in [2.05, 4.69) is 50.9 Å². The Kier molecular flexibility index (Phi) is 4.81. The third-order valence-corrected chi connectivity index (χ3v) is 2.96. The minimum Gasteiger partial charge on any atom is -0.396 e. The fourth-order valence-corrected chi connectivity index (χ4v) is 1.83. The van der Waals surface area contributed by atoms with Gasteiger partial charge in [-0.25, -0.2) is 0 Å². The molecule has 0 saturated carbocycles. The van der Waals surface area contributed by atoms with Crippen LogP contribution < -0.4 is 4.90 Å². The van der Waals surface area contributed by atoms with Gasteiger partial charge in [0.05, 0.1) is 0 Å². The quantitative estimate of drug-likeness (QED) is 0.826. The SMILES string of the molecule is Cc1ccc(C(C)C)cc1N(C)CCCO. The van der Waals surface area contributed by atoms with Gasteiger partial charge in [-0.1, -0.05) is 26.0 Å². The highest BCUT2D eigenvalue weighted by Crippen LogP contribution is 2.24. The smallest absolute Gasteiger partial charge is 0.0447 e. The predicted molar refractivity (Wildman–Crippen MR) is 70.2 cm³/mol. The van der Waals surface area contributed by atoms with E-state index in [0.717, 1.165) is 13.0 Å². The van der Waals surface area contributed by atoms with Gasteiger partial charge >= 0.3 is 0 Å². The molecule has 0 radical (unpaired) electrons. The van der Waals surface area contributed by atoms with Gasteiger partial charge in [0.1, 0.15) is 0 Å². The number of rotatable bonds is 5. The molecule has 2 nitrogen and oxygen atoms in total. The topological polar surface area (TPSA) is 23.5 Å². The summed E-state index contributed by atoms with van der Waals surface area (Å²) in [6, 6.07) is 6.64. The summed E-state index contributed by atoms with van der Waals surface area (Å²) in [4.78, 5) is 2.22. The number of aryl methyl sites for hydroxylation is 1. The van der Waals surface area contributed by atoms with Crippen LogP contribution >= 0.6 is 0 Å². The lowest BCUT2D eigenvalue weighted by molar-refractivity contribution is 0.290. The van der Waals surface area contributed by atoms with Crippen LogP contribution in [0.1, 0.15) is 37.3 Å². The molecule has 0 spiro atoms. The summed E-state index contributed by atoms with van der Waals surface area (Å²) < 4.78 is 0. The number of nitrogens with zero attached hydrogens (tertiary/aromatic N) is 1. The van der Waals surface area contributed by atoms with Crippen LogP contribution in [0.5, 0.6) is 0 Å². The maximum absolute atomic E-state index is 8.85. The molecule has 0 saturated heterocycles. The third kappa shape index (κ3) is 3.24. The van der Waals surface area contributed by atoms with E-state index in [1.807, 2.05) is 0 Å². The monoisotopic (exact) mass is 221 g/mol. The van der Waals surface area contributed by atoms with E-state index in [4.69, 9.17) is 5.11 Å². The molecule has 0 unspecified atom stereocenters. The summed E-state index contributed by atoms with van der Waals surface area (Å²) in [5, 5.41) is 8.85. The molecule has 0 fully saturated rings. The number of aliphatic hydroxyl groups is 1. The Morgan fingerprint density at radius 2 is 2.00 bits per heavy atom. The van der Waals surface area contributed by atoms with Gasteiger partial charge in [-0.3, -0.25) is 0 Å². The Hall–Kier alpha value is -1.02. The molecule has 1 aromatic rings. The van der Waals surface area contributed by atoms with Crippen LogP contribution in [0, 0.1) is 6.92 Å². The Morgan fingerprint density at radius 3 is 2.56 bits per heavy atom. The molecule has 16 heavy (non-hydrogen) atoms. The van der Waals surface area contributed by atoms with Crippen molar-refractivity contribution in [2.24, 2.45) is 0 Å². The van der Waals surface area contributed by atoms with Crippen molar-refractivity contribution < 1.29 is 5.11 Å². The van der Waals surface area contributed by atoms with Crippen LogP contribution in [0.25, 0.3) is 0 Å². The van der Waals surface area contributed by atoms with Crippen molar-refractivity contribution >= 4 is 5.69 Å². The number of hydrogen-bond acceptors (Lipinski definition) is 2. The van der Waals surface area contributed by atoms with Gasteiger partial charge in [-0.05, 0) is 36.5 Å².